The summed E-state index contributed by atoms with van der Waals surface area (Å²) in [5.74, 6) is 0.651. The summed E-state index contributed by atoms with van der Waals surface area (Å²) in [5.41, 5.74) is 1.88. The van der Waals surface area contributed by atoms with Crippen molar-refractivity contribution in [1.82, 2.24) is 9.97 Å². The molecule has 5 heteroatoms. The highest BCUT2D eigenvalue weighted by Gasteiger charge is 2.25. The lowest BCUT2D eigenvalue weighted by Crippen LogP contribution is -2.38. The number of hydrogen-bond acceptors (Lipinski definition) is 4. The Labute approximate surface area is 146 Å². The molecule has 1 N–H and O–H groups in total. The summed E-state index contributed by atoms with van der Waals surface area (Å²) < 4.78 is 0. The second kappa shape index (κ2) is 6.89. The maximum atomic E-state index is 12.6. The summed E-state index contributed by atoms with van der Waals surface area (Å²) in [6.45, 7) is 1.80. The van der Waals surface area contributed by atoms with E-state index < -0.39 is 0 Å². The van der Waals surface area contributed by atoms with Gasteiger partial charge in [-0.25, -0.2) is 9.97 Å². The van der Waals surface area contributed by atoms with E-state index in [9.17, 15) is 4.79 Å². The molecule has 1 fully saturated rings. The third-order valence-electron chi connectivity index (χ3n) is 4.70. The number of benzene rings is 1. The monoisotopic (exact) mass is 332 g/mol. The molecule has 126 valence electrons. The van der Waals surface area contributed by atoms with E-state index in [4.69, 9.17) is 0 Å². The Hall–Kier alpha value is -2.95. The van der Waals surface area contributed by atoms with E-state index in [2.05, 4.69) is 32.3 Å². The van der Waals surface area contributed by atoms with Crippen LogP contribution in [-0.2, 0) is 4.79 Å². The number of amides is 1. The topological polar surface area (TPSA) is 58.1 Å². The maximum absolute atomic E-state index is 12.6. The Kier molecular flexibility index (Phi) is 4.29. The highest BCUT2D eigenvalue weighted by atomic mass is 16.1. The van der Waals surface area contributed by atoms with Gasteiger partial charge >= 0.3 is 0 Å². The molecule has 0 aliphatic carbocycles. The van der Waals surface area contributed by atoms with Crippen LogP contribution in [0.5, 0.6) is 0 Å². The fourth-order valence-electron chi connectivity index (χ4n) is 3.29. The van der Waals surface area contributed by atoms with Crippen LogP contribution >= 0.6 is 0 Å². The molecule has 3 aromatic rings. The molecule has 0 unspecified atom stereocenters. The number of piperidine rings is 1. The molecule has 1 saturated heterocycles. The lowest BCUT2D eigenvalue weighted by Gasteiger charge is -2.32. The minimum atomic E-state index is 0.0289. The van der Waals surface area contributed by atoms with Gasteiger partial charge in [-0.05, 0) is 49.2 Å². The first-order chi connectivity index (χ1) is 12.3. The zero-order valence-corrected chi connectivity index (χ0v) is 13.9. The van der Waals surface area contributed by atoms with Crippen LogP contribution in [0.4, 0.5) is 11.5 Å². The Bertz CT molecular complexity index is 873. The van der Waals surface area contributed by atoms with Crippen LogP contribution in [0.1, 0.15) is 12.8 Å². The lowest BCUT2D eigenvalue weighted by atomic mass is 9.95. The first-order valence-corrected chi connectivity index (χ1v) is 8.62. The van der Waals surface area contributed by atoms with Gasteiger partial charge in [0.2, 0.25) is 5.91 Å². The Morgan fingerprint density at radius 3 is 2.60 bits per heavy atom. The maximum Gasteiger partial charge on any atom is 0.228 e. The number of nitrogens with one attached hydrogen (secondary N) is 1. The average Bonchev–Trinajstić information content (AvgIpc) is 2.69. The molecule has 1 amide bonds. The van der Waals surface area contributed by atoms with Gasteiger partial charge in [0.05, 0.1) is 0 Å². The molecule has 1 aromatic carbocycles. The molecule has 2 aromatic heterocycles. The lowest BCUT2D eigenvalue weighted by molar-refractivity contribution is -0.120. The number of nitrogens with zero attached hydrogens (tertiary/aromatic N) is 3. The van der Waals surface area contributed by atoms with Gasteiger partial charge in [0.25, 0.3) is 0 Å². The van der Waals surface area contributed by atoms with Gasteiger partial charge in [-0.15, -0.1) is 0 Å². The van der Waals surface area contributed by atoms with Crippen molar-refractivity contribution in [3.05, 3.63) is 60.8 Å². The molecule has 5 nitrogen and oxygen atoms in total. The molecule has 1 aliphatic rings. The SMILES string of the molecule is O=C(Nc1ccc2cccnc2n1)C1CCN(c2ccccc2)CC1. The zero-order chi connectivity index (χ0) is 17.1. The Balaban J connectivity index is 1.38. The number of fused-ring (bicyclic) bond motifs is 1. The molecular formula is C20H20N4O. The van der Waals surface area contributed by atoms with Crippen molar-refractivity contribution in [1.29, 1.82) is 0 Å². The van der Waals surface area contributed by atoms with Gasteiger partial charge in [0.1, 0.15) is 5.82 Å². The third kappa shape index (κ3) is 3.45. The van der Waals surface area contributed by atoms with Crippen LogP contribution in [-0.4, -0.2) is 29.0 Å². The van der Waals surface area contributed by atoms with Crippen LogP contribution in [0.3, 0.4) is 0 Å². The first kappa shape index (κ1) is 15.6. The molecule has 1 aliphatic heterocycles. The van der Waals surface area contributed by atoms with Crippen LogP contribution in [0.15, 0.2) is 60.8 Å². The number of carbonyl (C=O) groups is 1. The van der Waals surface area contributed by atoms with E-state index in [0.717, 1.165) is 31.3 Å². The fraction of sp³-hybridized carbons (Fsp3) is 0.250. The minimum absolute atomic E-state index is 0.0289. The van der Waals surface area contributed by atoms with Crippen molar-refractivity contribution in [2.75, 3.05) is 23.3 Å². The standard InChI is InChI=1S/C20H20N4O/c25-20(23-18-9-8-15-5-4-12-21-19(15)22-18)16-10-13-24(14-11-16)17-6-2-1-3-7-17/h1-9,12,16H,10-11,13-14H2,(H,21,22,23,25). The third-order valence-corrected chi connectivity index (χ3v) is 4.70. The molecule has 0 spiro atoms. The summed E-state index contributed by atoms with van der Waals surface area (Å²) >= 11 is 0. The van der Waals surface area contributed by atoms with Crippen LogP contribution < -0.4 is 10.2 Å². The second-order valence-corrected chi connectivity index (χ2v) is 6.33. The number of pyridine rings is 2. The average molecular weight is 332 g/mol. The number of rotatable bonds is 3. The molecular weight excluding hydrogens is 312 g/mol. The summed E-state index contributed by atoms with van der Waals surface area (Å²) in [7, 11) is 0. The largest absolute Gasteiger partial charge is 0.371 e. The van der Waals surface area contributed by atoms with Gasteiger partial charge in [-0.1, -0.05) is 18.2 Å². The van der Waals surface area contributed by atoms with Crippen molar-refractivity contribution in [3.63, 3.8) is 0 Å². The van der Waals surface area contributed by atoms with Crippen LogP contribution in [0.2, 0.25) is 0 Å². The number of hydrogen-bond donors (Lipinski definition) is 1. The molecule has 0 radical (unpaired) electrons. The molecule has 3 heterocycles. The Morgan fingerprint density at radius 2 is 1.80 bits per heavy atom. The van der Waals surface area contributed by atoms with Crippen molar-refractivity contribution in [2.45, 2.75) is 12.8 Å². The van der Waals surface area contributed by atoms with E-state index in [1.54, 1.807) is 6.20 Å². The van der Waals surface area contributed by atoms with E-state index in [1.807, 2.05) is 42.5 Å². The van der Waals surface area contributed by atoms with Crippen molar-refractivity contribution in [3.8, 4) is 0 Å². The molecule has 0 atom stereocenters. The van der Waals surface area contributed by atoms with E-state index in [1.165, 1.54) is 5.69 Å². The Morgan fingerprint density at radius 1 is 1.00 bits per heavy atom. The van der Waals surface area contributed by atoms with Crippen LogP contribution in [0, 0.1) is 5.92 Å². The second-order valence-electron chi connectivity index (χ2n) is 6.33. The van der Waals surface area contributed by atoms with Crippen LogP contribution in [0.25, 0.3) is 11.0 Å². The van der Waals surface area contributed by atoms with E-state index in [0.29, 0.717) is 11.5 Å². The molecule has 0 saturated carbocycles. The zero-order valence-electron chi connectivity index (χ0n) is 13.9. The van der Waals surface area contributed by atoms with Gasteiger partial charge in [-0.2, -0.15) is 0 Å². The molecule has 25 heavy (non-hydrogen) atoms. The van der Waals surface area contributed by atoms with Crippen molar-refractivity contribution >= 4 is 28.4 Å². The minimum Gasteiger partial charge on any atom is -0.371 e. The summed E-state index contributed by atoms with van der Waals surface area (Å²) in [4.78, 5) is 23.5. The summed E-state index contributed by atoms with van der Waals surface area (Å²) in [6, 6.07) is 18.0. The normalized spacial score (nSPS) is 15.3. The summed E-state index contributed by atoms with van der Waals surface area (Å²) in [6.07, 6.45) is 3.42. The molecule has 0 bridgehead atoms. The van der Waals surface area contributed by atoms with E-state index >= 15 is 0 Å². The number of aromatic nitrogens is 2. The first-order valence-electron chi connectivity index (χ1n) is 8.62. The highest BCUT2D eigenvalue weighted by Crippen LogP contribution is 2.24. The quantitative estimate of drug-likeness (QED) is 0.798. The van der Waals surface area contributed by atoms with Gasteiger partial charge in [0.15, 0.2) is 5.65 Å². The van der Waals surface area contributed by atoms with Gasteiger partial charge in [-0.3, -0.25) is 4.79 Å². The highest BCUT2D eigenvalue weighted by molar-refractivity contribution is 5.92. The van der Waals surface area contributed by atoms with E-state index in [-0.39, 0.29) is 11.8 Å². The van der Waals surface area contributed by atoms with Crippen molar-refractivity contribution < 1.29 is 4.79 Å². The number of para-hydroxylation sites is 1. The van der Waals surface area contributed by atoms with Crippen molar-refractivity contribution in [2.24, 2.45) is 5.92 Å². The van der Waals surface area contributed by atoms with Gasteiger partial charge < -0.3 is 10.2 Å². The number of anilines is 2. The predicted octanol–water partition coefficient (Wildman–Crippen LogP) is 3.48. The smallest absolute Gasteiger partial charge is 0.228 e. The molecule has 4 rings (SSSR count). The number of carbonyl (C=O) groups excluding carboxylic acids is 1. The predicted molar refractivity (Wildman–Crippen MR) is 99.5 cm³/mol. The fourth-order valence-corrected chi connectivity index (χ4v) is 3.29. The van der Waals surface area contributed by atoms with Gasteiger partial charge in [0, 0.05) is 36.3 Å². The summed E-state index contributed by atoms with van der Waals surface area (Å²) in [5, 5.41) is 3.92.